The average Bonchev–Trinajstić information content (AvgIpc) is 3.80. The highest BCUT2D eigenvalue weighted by Gasteiger charge is 2.24. The first-order chi connectivity index (χ1) is 35.7. The molecule has 0 spiro atoms. The molecule has 0 aliphatic heterocycles. The summed E-state index contributed by atoms with van der Waals surface area (Å²) in [6.45, 7) is 0. The topological polar surface area (TPSA) is 8.17 Å². The second-order valence-electron chi connectivity index (χ2n) is 18.8. The molecule has 0 radical (unpaired) electrons. The normalized spacial score (nSPS) is 11.6. The highest BCUT2D eigenvalue weighted by Crippen LogP contribution is 2.48. The molecule has 14 aromatic rings. The molecular formula is C70H46N2. The summed E-state index contributed by atoms with van der Waals surface area (Å²) in [5, 5.41) is 12.3. The second kappa shape index (κ2) is 17.2. The Hall–Kier alpha value is -9.50. The lowest BCUT2D eigenvalue weighted by Crippen LogP contribution is -2.12. The van der Waals surface area contributed by atoms with Crippen LogP contribution < -0.4 is 4.90 Å². The highest BCUT2D eigenvalue weighted by atomic mass is 15.1. The van der Waals surface area contributed by atoms with Crippen LogP contribution in [0.4, 0.5) is 17.1 Å². The van der Waals surface area contributed by atoms with E-state index in [1.54, 1.807) is 0 Å². The first-order valence-corrected chi connectivity index (χ1v) is 24.8. The Balaban J connectivity index is 0.985. The third-order valence-corrected chi connectivity index (χ3v) is 14.8. The van der Waals surface area contributed by atoms with Crippen LogP contribution in [0.15, 0.2) is 279 Å². The van der Waals surface area contributed by atoms with E-state index in [0.717, 1.165) is 39.4 Å². The zero-order valence-electron chi connectivity index (χ0n) is 39.5. The predicted octanol–water partition coefficient (Wildman–Crippen LogP) is 19.5. The Morgan fingerprint density at radius 3 is 1.49 bits per heavy atom. The summed E-state index contributed by atoms with van der Waals surface area (Å²) in [7, 11) is 0. The molecule has 0 atom stereocenters. The smallest absolute Gasteiger partial charge is 0.0618 e. The van der Waals surface area contributed by atoms with Crippen LogP contribution in [0.25, 0.3) is 115 Å². The van der Waals surface area contributed by atoms with E-state index in [0.29, 0.717) is 0 Å². The van der Waals surface area contributed by atoms with Crippen molar-refractivity contribution in [3.8, 4) is 50.2 Å². The molecule has 336 valence electrons. The molecule has 0 aliphatic carbocycles. The van der Waals surface area contributed by atoms with Gasteiger partial charge in [-0.15, -0.1) is 0 Å². The average molecular weight is 915 g/mol. The Morgan fingerprint density at radius 2 is 0.764 bits per heavy atom. The van der Waals surface area contributed by atoms with Gasteiger partial charge in [0, 0.05) is 38.5 Å². The Labute approximate surface area is 418 Å². The van der Waals surface area contributed by atoms with E-state index in [1.165, 1.54) is 92.7 Å². The van der Waals surface area contributed by atoms with Crippen LogP contribution in [0.2, 0.25) is 0 Å². The fraction of sp³-hybridized carbons (Fsp3) is 0. The van der Waals surface area contributed by atoms with E-state index < -0.39 is 0 Å². The minimum absolute atomic E-state index is 1.07. The summed E-state index contributed by atoms with van der Waals surface area (Å²) in [6, 6.07) is 102. The SMILES string of the molecule is c1ccc(-c2cccc(-c3ccc(N(c4ccccc4-c4ccc5ccccc5c4)c4ccc(-c5ccc6ccccc6c5)c5ccccc45)cc3)c2-n2c3ccccc3c3c4ccccc4ccc32)cc1. The number of hydrogen-bond acceptors (Lipinski definition) is 1. The summed E-state index contributed by atoms with van der Waals surface area (Å²) in [6.07, 6.45) is 0. The van der Waals surface area contributed by atoms with Gasteiger partial charge in [-0.25, -0.2) is 0 Å². The molecule has 0 N–H and O–H groups in total. The number of hydrogen-bond donors (Lipinski definition) is 0. The van der Waals surface area contributed by atoms with Gasteiger partial charge in [0.15, 0.2) is 0 Å². The van der Waals surface area contributed by atoms with Crippen molar-refractivity contribution in [2.24, 2.45) is 0 Å². The molecule has 13 aromatic carbocycles. The molecule has 2 nitrogen and oxygen atoms in total. The van der Waals surface area contributed by atoms with Gasteiger partial charge in [-0.1, -0.05) is 231 Å². The van der Waals surface area contributed by atoms with Crippen LogP contribution >= 0.6 is 0 Å². The molecule has 0 bridgehead atoms. The van der Waals surface area contributed by atoms with Gasteiger partial charge in [0.1, 0.15) is 0 Å². The standard InChI is InChI=1S/C70H46N2/c1-2-19-49(20-3-1)60-29-16-30-61(70(60)72-66-32-15-13-28-64(66)69-59-25-9-8-21-50(59)39-43-68(69)72)51-37-40-56(41-38-51)71(65-31-14-12-24-58(65)55-36-34-48-18-5-7-23-53(48)46-55)67-44-42-57(62-26-10-11-27-63(62)67)54-35-33-47-17-4-6-22-52(47)45-54/h1-46H. The van der Waals surface area contributed by atoms with Crippen molar-refractivity contribution in [1.82, 2.24) is 4.57 Å². The molecule has 0 saturated heterocycles. The van der Waals surface area contributed by atoms with Gasteiger partial charge in [0.2, 0.25) is 0 Å². The first-order valence-electron chi connectivity index (χ1n) is 24.8. The third kappa shape index (κ3) is 6.88. The number of benzene rings is 13. The van der Waals surface area contributed by atoms with Crippen molar-refractivity contribution >= 4 is 82.0 Å². The lowest BCUT2D eigenvalue weighted by atomic mass is 9.93. The molecule has 72 heavy (non-hydrogen) atoms. The van der Waals surface area contributed by atoms with Crippen LogP contribution in [0.1, 0.15) is 0 Å². The molecule has 1 heterocycles. The summed E-state index contributed by atoms with van der Waals surface area (Å²) in [4.78, 5) is 2.47. The maximum Gasteiger partial charge on any atom is 0.0618 e. The van der Waals surface area contributed by atoms with E-state index in [9.17, 15) is 0 Å². The zero-order chi connectivity index (χ0) is 47.5. The van der Waals surface area contributed by atoms with Crippen molar-refractivity contribution < 1.29 is 0 Å². The van der Waals surface area contributed by atoms with Crippen molar-refractivity contribution in [2.45, 2.75) is 0 Å². The van der Waals surface area contributed by atoms with Gasteiger partial charge in [0.25, 0.3) is 0 Å². The molecule has 0 amide bonds. The molecule has 0 fully saturated rings. The van der Waals surface area contributed by atoms with Gasteiger partial charge in [-0.05, 0) is 114 Å². The van der Waals surface area contributed by atoms with Crippen molar-refractivity contribution in [3.05, 3.63) is 279 Å². The van der Waals surface area contributed by atoms with Crippen LogP contribution in [0, 0.1) is 0 Å². The fourth-order valence-corrected chi connectivity index (χ4v) is 11.4. The number of aromatic nitrogens is 1. The van der Waals surface area contributed by atoms with Gasteiger partial charge >= 0.3 is 0 Å². The molecule has 1 aromatic heterocycles. The predicted molar refractivity (Wildman–Crippen MR) is 307 cm³/mol. The van der Waals surface area contributed by atoms with E-state index in [4.69, 9.17) is 0 Å². The van der Waals surface area contributed by atoms with E-state index >= 15 is 0 Å². The van der Waals surface area contributed by atoms with Crippen LogP contribution in [0.3, 0.4) is 0 Å². The van der Waals surface area contributed by atoms with Crippen LogP contribution in [-0.4, -0.2) is 4.57 Å². The Morgan fingerprint density at radius 1 is 0.250 bits per heavy atom. The van der Waals surface area contributed by atoms with Crippen LogP contribution in [-0.2, 0) is 0 Å². The molecular weight excluding hydrogens is 869 g/mol. The van der Waals surface area contributed by atoms with E-state index in [2.05, 4.69) is 289 Å². The quantitative estimate of drug-likeness (QED) is 0.147. The number of para-hydroxylation sites is 3. The van der Waals surface area contributed by atoms with Crippen molar-refractivity contribution in [2.75, 3.05) is 4.90 Å². The second-order valence-corrected chi connectivity index (χ2v) is 18.8. The summed E-state index contributed by atoms with van der Waals surface area (Å²) in [5.41, 5.74) is 16.2. The number of nitrogens with zero attached hydrogens (tertiary/aromatic N) is 2. The highest BCUT2D eigenvalue weighted by molar-refractivity contribution is 6.22. The van der Waals surface area contributed by atoms with E-state index in [-0.39, 0.29) is 0 Å². The summed E-state index contributed by atoms with van der Waals surface area (Å²) in [5.74, 6) is 0. The van der Waals surface area contributed by atoms with Crippen molar-refractivity contribution in [3.63, 3.8) is 0 Å². The molecule has 0 unspecified atom stereocenters. The van der Waals surface area contributed by atoms with Crippen LogP contribution in [0.5, 0.6) is 0 Å². The van der Waals surface area contributed by atoms with Gasteiger partial charge in [-0.3, -0.25) is 0 Å². The molecule has 2 heteroatoms. The van der Waals surface area contributed by atoms with Gasteiger partial charge in [0.05, 0.1) is 28.1 Å². The Bertz CT molecular complexity index is 4390. The lowest BCUT2D eigenvalue weighted by molar-refractivity contribution is 1.18. The maximum atomic E-state index is 2.51. The summed E-state index contributed by atoms with van der Waals surface area (Å²) >= 11 is 0. The van der Waals surface area contributed by atoms with E-state index in [1.807, 2.05) is 0 Å². The number of fused-ring (bicyclic) bond motifs is 8. The monoisotopic (exact) mass is 914 g/mol. The first kappa shape index (κ1) is 41.5. The van der Waals surface area contributed by atoms with Gasteiger partial charge < -0.3 is 9.47 Å². The maximum absolute atomic E-state index is 2.51. The van der Waals surface area contributed by atoms with Crippen molar-refractivity contribution in [1.29, 1.82) is 0 Å². The minimum atomic E-state index is 1.07. The largest absolute Gasteiger partial charge is 0.309 e. The fourth-order valence-electron chi connectivity index (χ4n) is 11.4. The summed E-state index contributed by atoms with van der Waals surface area (Å²) < 4.78 is 2.51. The third-order valence-electron chi connectivity index (χ3n) is 14.8. The molecule has 0 saturated carbocycles. The number of anilines is 3. The van der Waals surface area contributed by atoms with Gasteiger partial charge in [-0.2, -0.15) is 0 Å². The zero-order valence-corrected chi connectivity index (χ0v) is 39.5. The minimum Gasteiger partial charge on any atom is -0.309 e. The lowest BCUT2D eigenvalue weighted by Gasteiger charge is -2.30. The number of rotatable bonds is 8. The molecule has 14 rings (SSSR count). The molecule has 0 aliphatic rings. The Kier molecular flexibility index (Phi) is 9.89.